The van der Waals surface area contributed by atoms with Gasteiger partial charge in [-0.05, 0) is 24.7 Å². The molecule has 1 atom stereocenters. The van der Waals surface area contributed by atoms with Crippen molar-refractivity contribution in [3.63, 3.8) is 0 Å². The Morgan fingerprint density at radius 3 is 2.46 bits per heavy atom. The molecule has 0 saturated heterocycles. The van der Waals surface area contributed by atoms with Crippen LogP contribution in [0.2, 0.25) is 0 Å². The summed E-state index contributed by atoms with van der Waals surface area (Å²) >= 11 is 3.56. The molecular weight excluding hydrogens is 232 g/mol. The maximum Gasteiger partial charge on any atom is 0.323 e. The van der Waals surface area contributed by atoms with E-state index in [1.807, 2.05) is 0 Å². The van der Waals surface area contributed by atoms with Gasteiger partial charge in [-0.3, -0.25) is 4.79 Å². The van der Waals surface area contributed by atoms with Crippen LogP contribution in [0, 0.1) is 5.41 Å². The van der Waals surface area contributed by atoms with Crippen LogP contribution in [0.25, 0.3) is 0 Å². The van der Waals surface area contributed by atoms with Gasteiger partial charge in [0.15, 0.2) is 0 Å². The number of halogens is 1. The molecule has 2 aliphatic carbocycles. The van der Waals surface area contributed by atoms with Crippen molar-refractivity contribution in [3.8, 4) is 0 Å². The van der Waals surface area contributed by atoms with Crippen molar-refractivity contribution in [2.24, 2.45) is 5.41 Å². The van der Waals surface area contributed by atoms with Crippen molar-refractivity contribution in [2.45, 2.75) is 42.8 Å². The highest BCUT2D eigenvalue weighted by atomic mass is 79.9. The number of esters is 1. The van der Waals surface area contributed by atoms with Crippen molar-refractivity contribution < 1.29 is 9.53 Å². The lowest BCUT2D eigenvalue weighted by molar-refractivity contribution is -0.141. The maximum absolute atomic E-state index is 11.5. The molecule has 13 heavy (non-hydrogen) atoms. The number of hydrogen-bond donors (Lipinski definition) is 0. The van der Waals surface area contributed by atoms with Crippen LogP contribution in [-0.2, 0) is 9.53 Å². The first-order chi connectivity index (χ1) is 6.15. The van der Waals surface area contributed by atoms with Crippen molar-refractivity contribution in [1.82, 2.24) is 0 Å². The lowest BCUT2D eigenvalue weighted by Crippen LogP contribution is -2.27. The summed E-state index contributed by atoms with van der Waals surface area (Å²) in [6, 6.07) is 0. The average molecular weight is 247 g/mol. The minimum absolute atomic E-state index is 0.0746. The molecule has 0 N–H and O–H groups in total. The third-order valence-electron chi connectivity index (χ3n) is 3.62. The summed E-state index contributed by atoms with van der Waals surface area (Å²) in [5.74, 6) is -0.0746. The molecule has 0 aromatic heterocycles. The summed E-state index contributed by atoms with van der Waals surface area (Å²) in [4.78, 5) is 11.5. The molecular formula is C10H15BrO2. The molecule has 2 fully saturated rings. The Labute approximate surface area is 87.2 Å². The average Bonchev–Trinajstić information content (AvgIpc) is 2.72. The van der Waals surface area contributed by atoms with Gasteiger partial charge in [-0.25, -0.2) is 0 Å². The highest BCUT2D eigenvalue weighted by Crippen LogP contribution is 2.69. The molecule has 1 spiro atoms. The number of carbonyl (C=O) groups excluding carboxylic acids is 1. The second-order valence-electron chi connectivity index (χ2n) is 4.31. The van der Waals surface area contributed by atoms with Gasteiger partial charge in [-0.1, -0.05) is 35.2 Å². The number of carbonyl (C=O) groups is 1. The molecule has 3 heteroatoms. The lowest BCUT2D eigenvalue weighted by Gasteiger charge is -2.24. The van der Waals surface area contributed by atoms with E-state index >= 15 is 0 Å². The van der Waals surface area contributed by atoms with Crippen molar-refractivity contribution in [3.05, 3.63) is 0 Å². The van der Waals surface area contributed by atoms with E-state index in [-0.39, 0.29) is 15.7 Å². The summed E-state index contributed by atoms with van der Waals surface area (Å²) in [7, 11) is 1.47. The minimum atomic E-state index is -0.324. The molecule has 0 aliphatic heterocycles. The third kappa shape index (κ3) is 1.24. The molecule has 74 valence electrons. The van der Waals surface area contributed by atoms with Gasteiger partial charge in [-0.15, -0.1) is 0 Å². The van der Waals surface area contributed by atoms with E-state index in [4.69, 9.17) is 4.74 Å². The Bertz CT molecular complexity index is 233. The van der Waals surface area contributed by atoms with E-state index in [1.54, 1.807) is 0 Å². The van der Waals surface area contributed by atoms with Gasteiger partial charge >= 0.3 is 5.97 Å². The number of methoxy groups -OCH3 is 1. The summed E-state index contributed by atoms with van der Waals surface area (Å²) in [5.41, 5.74) is 0.248. The van der Waals surface area contributed by atoms with Crippen LogP contribution in [0.3, 0.4) is 0 Å². The number of rotatable bonds is 1. The second-order valence-corrected chi connectivity index (χ2v) is 5.66. The SMILES string of the molecule is COC(=O)C1(Br)CC12CCCCC2. The molecule has 0 heterocycles. The number of hydrogen-bond acceptors (Lipinski definition) is 2. The first-order valence-electron chi connectivity index (χ1n) is 4.92. The highest BCUT2D eigenvalue weighted by molar-refractivity contribution is 9.10. The predicted molar refractivity (Wildman–Crippen MR) is 53.8 cm³/mol. The Balaban J connectivity index is 2.09. The predicted octanol–water partition coefficient (Wildman–Crippen LogP) is 2.65. The van der Waals surface area contributed by atoms with Crippen LogP contribution >= 0.6 is 15.9 Å². The molecule has 1 unspecified atom stereocenters. The Kier molecular flexibility index (Phi) is 2.17. The first-order valence-corrected chi connectivity index (χ1v) is 5.71. The summed E-state index contributed by atoms with van der Waals surface area (Å²) in [5, 5.41) is 0. The fraction of sp³-hybridized carbons (Fsp3) is 0.900. The maximum atomic E-state index is 11.5. The Hall–Kier alpha value is -0.0500. The van der Waals surface area contributed by atoms with Gasteiger partial charge in [0.05, 0.1) is 7.11 Å². The van der Waals surface area contributed by atoms with Gasteiger partial charge in [0, 0.05) is 0 Å². The zero-order valence-corrected chi connectivity index (χ0v) is 9.52. The van der Waals surface area contributed by atoms with Crippen LogP contribution < -0.4 is 0 Å². The quantitative estimate of drug-likeness (QED) is 0.526. The molecule has 2 aliphatic rings. The van der Waals surface area contributed by atoms with Crippen LogP contribution in [0.15, 0.2) is 0 Å². The van der Waals surface area contributed by atoms with Gasteiger partial charge in [0.1, 0.15) is 4.32 Å². The van der Waals surface area contributed by atoms with Crippen LogP contribution in [0.4, 0.5) is 0 Å². The van der Waals surface area contributed by atoms with Crippen molar-refractivity contribution >= 4 is 21.9 Å². The van der Waals surface area contributed by atoms with E-state index < -0.39 is 0 Å². The first kappa shape index (κ1) is 9.50. The smallest absolute Gasteiger partial charge is 0.323 e. The summed E-state index contributed by atoms with van der Waals surface area (Å²) in [6.07, 6.45) is 7.22. The highest BCUT2D eigenvalue weighted by Gasteiger charge is 2.70. The van der Waals surface area contributed by atoms with Crippen LogP contribution in [-0.4, -0.2) is 17.4 Å². The standard InChI is InChI=1S/C10H15BrO2/c1-13-8(12)10(11)7-9(10)5-3-2-4-6-9/h2-7H2,1H3. The zero-order chi connectivity index (χ0) is 9.53. The topological polar surface area (TPSA) is 26.3 Å². The molecule has 0 aromatic carbocycles. The Morgan fingerprint density at radius 1 is 1.31 bits per heavy atom. The molecule has 0 amide bonds. The summed E-state index contributed by atoms with van der Waals surface area (Å²) < 4.78 is 4.49. The largest absolute Gasteiger partial charge is 0.468 e. The normalized spacial score (nSPS) is 35.8. The van der Waals surface area contributed by atoms with E-state index in [1.165, 1.54) is 39.2 Å². The van der Waals surface area contributed by atoms with Gasteiger partial charge in [0.25, 0.3) is 0 Å². The second kappa shape index (κ2) is 2.97. The number of ether oxygens (including phenoxy) is 1. The van der Waals surface area contributed by atoms with E-state index in [9.17, 15) is 4.79 Å². The fourth-order valence-corrected chi connectivity index (χ4v) is 3.77. The third-order valence-corrected chi connectivity index (χ3v) is 5.06. The molecule has 2 saturated carbocycles. The monoisotopic (exact) mass is 246 g/mol. The Morgan fingerprint density at radius 2 is 1.92 bits per heavy atom. The van der Waals surface area contributed by atoms with Gasteiger partial charge in [-0.2, -0.15) is 0 Å². The van der Waals surface area contributed by atoms with E-state index in [0.717, 1.165) is 6.42 Å². The van der Waals surface area contributed by atoms with Crippen LogP contribution in [0.5, 0.6) is 0 Å². The summed E-state index contributed by atoms with van der Waals surface area (Å²) in [6.45, 7) is 0. The fourth-order valence-electron chi connectivity index (χ4n) is 2.67. The van der Waals surface area contributed by atoms with Gasteiger partial charge in [0.2, 0.25) is 0 Å². The number of alkyl halides is 1. The van der Waals surface area contributed by atoms with Gasteiger partial charge < -0.3 is 4.74 Å². The van der Waals surface area contributed by atoms with Crippen LogP contribution in [0.1, 0.15) is 38.5 Å². The van der Waals surface area contributed by atoms with E-state index in [0.29, 0.717) is 0 Å². The van der Waals surface area contributed by atoms with E-state index in [2.05, 4.69) is 15.9 Å². The molecule has 2 rings (SSSR count). The minimum Gasteiger partial charge on any atom is -0.468 e. The molecule has 0 radical (unpaired) electrons. The molecule has 0 bridgehead atoms. The molecule has 2 nitrogen and oxygen atoms in total. The zero-order valence-electron chi connectivity index (χ0n) is 7.94. The van der Waals surface area contributed by atoms with Crippen molar-refractivity contribution in [2.75, 3.05) is 7.11 Å². The molecule has 0 aromatic rings. The lowest BCUT2D eigenvalue weighted by atomic mass is 9.84. The van der Waals surface area contributed by atoms with Crippen molar-refractivity contribution in [1.29, 1.82) is 0 Å².